The van der Waals surface area contributed by atoms with Gasteiger partial charge in [-0.3, -0.25) is 9.59 Å². The van der Waals surface area contributed by atoms with Gasteiger partial charge in [0, 0.05) is 25.2 Å². The molecule has 1 fully saturated rings. The zero-order valence-corrected chi connectivity index (χ0v) is 17.3. The molecule has 1 amide bonds. The maximum absolute atomic E-state index is 12.6. The number of carbonyl (C=O) groups is 3. The molecule has 0 saturated carbocycles. The summed E-state index contributed by atoms with van der Waals surface area (Å²) in [5.74, 6) is -3.03. The minimum Gasteiger partial charge on any atom is -0.481 e. The van der Waals surface area contributed by atoms with Gasteiger partial charge in [-0.25, -0.2) is 4.79 Å². The minimum atomic E-state index is -1.12. The molecule has 0 aromatic rings. The number of carboxylic acid groups (broad SMARTS) is 1. The molecule has 0 bridgehead atoms. The van der Waals surface area contributed by atoms with Crippen molar-refractivity contribution in [2.75, 3.05) is 26.2 Å². The van der Waals surface area contributed by atoms with Crippen LogP contribution in [0, 0.1) is 5.92 Å². The Hall–Kier alpha value is -1.67. The molecule has 0 radical (unpaired) electrons. The molecule has 0 spiro atoms. The highest BCUT2D eigenvalue weighted by molar-refractivity contribution is 5.97. The highest BCUT2D eigenvalue weighted by Gasteiger charge is 2.33. The lowest BCUT2D eigenvalue weighted by molar-refractivity contribution is -0.164. The molecule has 8 heteroatoms. The number of rotatable bonds is 7. The van der Waals surface area contributed by atoms with Crippen molar-refractivity contribution in [1.82, 2.24) is 10.2 Å². The molecule has 1 atom stereocenters. The van der Waals surface area contributed by atoms with Crippen LogP contribution in [0.15, 0.2) is 0 Å². The van der Waals surface area contributed by atoms with E-state index in [1.165, 1.54) is 0 Å². The summed E-state index contributed by atoms with van der Waals surface area (Å²) in [5.41, 5.74) is -0.820. The van der Waals surface area contributed by atoms with Crippen LogP contribution in [0.1, 0.15) is 54.4 Å². The predicted molar refractivity (Wildman–Crippen MR) is 100 cm³/mol. The first-order valence-corrected chi connectivity index (χ1v) is 9.38. The first-order chi connectivity index (χ1) is 12.3. The molecule has 0 aromatic carbocycles. The van der Waals surface area contributed by atoms with E-state index in [1.54, 1.807) is 25.7 Å². The Balaban J connectivity index is 2.46. The number of carbonyl (C=O) groups excluding carboxylic acids is 2. The fourth-order valence-electron chi connectivity index (χ4n) is 2.71. The van der Waals surface area contributed by atoms with Gasteiger partial charge in [-0.05, 0) is 54.4 Å². The maximum Gasteiger partial charge on any atom is 0.332 e. The van der Waals surface area contributed by atoms with Gasteiger partial charge in [0.15, 0.2) is 0 Å². The van der Waals surface area contributed by atoms with Gasteiger partial charge in [0.25, 0.3) is 0 Å². The Kier molecular flexibility index (Phi) is 8.23. The SMILES string of the molecule is CC(C)(C)NCC(C(=O)O)C(=O)N1CCC(OCC(=O)OC(C)(C)C)CC1. The Morgan fingerprint density at radius 2 is 1.67 bits per heavy atom. The van der Waals surface area contributed by atoms with Crippen LogP contribution in [0.25, 0.3) is 0 Å². The zero-order valence-electron chi connectivity index (χ0n) is 17.3. The van der Waals surface area contributed by atoms with Crippen LogP contribution in [-0.4, -0.2) is 71.3 Å². The summed E-state index contributed by atoms with van der Waals surface area (Å²) in [7, 11) is 0. The summed E-state index contributed by atoms with van der Waals surface area (Å²) in [4.78, 5) is 37.3. The van der Waals surface area contributed by atoms with Gasteiger partial charge >= 0.3 is 11.9 Å². The van der Waals surface area contributed by atoms with E-state index in [4.69, 9.17) is 9.47 Å². The molecule has 0 aliphatic carbocycles. The minimum absolute atomic E-state index is 0.0900. The van der Waals surface area contributed by atoms with Crippen LogP contribution in [0.3, 0.4) is 0 Å². The van der Waals surface area contributed by atoms with Crippen molar-refractivity contribution in [3.63, 3.8) is 0 Å². The number of likely N-dealkylation sites (tertiary alicyclic amines) is 1. The second kappa shape index (κ2) is 9.50. The number of ether oxygens (including phenoxy) is 2. The maximum atomic E-state index is 12.6. The van der Waals surface area contributed by atoms with Crippen LogP contribution in [-0.2, 0) is 23.9 Å². The highest BCUT2D eigenvalue weighted by atomic mass is 16.6. The third-order valence-corrected chi connectivity index (χ3v) is 4.04. The molecule has 0 aromatic heterocycles. The van der Waals surface area contributed by atoms with E-state index >= 15 is 0 Å². The fraction of sp³-hybridized carbons (Fsp3) is 0.842. The van der Waals surface area contributed by atoms with Crippen molar-refractivity contribution >= 4 is 17.8 Å². The molecular weight excluding hydrogens is 352 g/mol. The number of piperidine rings is 1. The van der Waals surface area contributed by atoms with Crippen molar-refractivity contribution in [2.24, 2.45) is 5.92 Å². The Bertz CT molecular complexity index is 527. The standard InChI is InChI=1S/C19H34N2O6/c1-18(2,3)20-11-14(17(24)25)16(23)21-9-7-13(8-10-21)26-12-15(22)27-19(4,5)6/h13-14,20H,7-12H2,1-6H3,(H,24,25). The van der Waals surface area contributed by atoms with Crippen molar-refractivity contribution in [3.05, 3.63) is 0 Å². The van der Waals surface area contributed by atoms with Crippen LogP contribution < -0.4 is 5.32 Å². The van der Waals surface area contributed by atoms with Crippen LogP contribution >= 0.6 is 0 Å². The van der Waals surface area contributed by atoms with Gasteiger partial charge in [-0.2, -0.15) is 0 Å². The van der Waals surface area contributed by atoms with Gasteiger partial charge < -0.3 is 24.8 Å². The normalized spacial score (nSPS) is 17.5. The zero-order chi connectivity index (χ0) is 20.8. The molecule has 1 unspecified atom stereocenters. The molecule has 1 aliphatic heterocycles. The molecule has 1 saturated heterocycles. The summed E-state index contributed by atoms with van der Waals surface area (Å²) in [6.07, 6.45) is 0.985. The van der Waals surface area contributed by atoms with Crippen LogP contribution in [0.2, 0.25) is 0 Å². The van der Waals surface area contributed by atoms with Gasteiger partial charge in [0.05, 0.1) is 6.10 Å². The second-order valence-electron chi connectivity index (χ2n) is 8.94. The summed E-state index contributed by atoms with van der Waals surface area (Å²) in [6, 6.07) is 0. The first-order valence-electron chi connectivity index (χ1n) is 9.38. The quantitative estimate of drug-likeness (QED) is 0.504. The van der Waals surface area contributed by atoms with Gasteiger partial charge in [0.1, 0.15) is 18.1 Å². The Morgan fingerprint density at radius 3 is 2.11 bits per heavy atom. The predicted octanol–water partition coefficient (Wildman–Crippen LogP) is 1.42. The largest absolute Gasteiger partial charge is 0.481 e. The van der Waals surface area contributed by atoms with Crippen molar-refractivity contribution in [2.45, 2.75) is 71.6 Å². The molecule has 8 nitrogen and oxygen atoms in total. The average Bonchev–Trinajstić information content (AvgIpc) is 2.50. The fourth-order valence-corrected chi connectivity index (χ4v) is 2.71. The molecule has 1 heterocycles. The molecule has 1 rings (SSSR count). The number of hydrogen-bond acceptors (Lipinski definition) is 6. The average molecular weight is 386 g/mol. The number of nitrogens with zero attached hydrogens (tertiary/aromatic N) is 1. The third kappa shape index (κ3) is 9.19. The molecule has 27 heavy (non-hydrogen) atoms. The van der Waals surface area contributed by atoms with E-state index in [0.29, 0.717) is 25.9 Å². The van der Waals surface area contributed by atoms with E-state index in [0.717, 1.165) is 0 Å². The number of hydrogen-bond donors (Lipinski definition) is 2. The van der Waals surface area contributed by atoms with Crippen LogP contribution in [0.4, 0.5) is 0 Å². The Labute approximate surface area is 161 Å². The second-order valence-corrected chi connectivity index (χ2v) is 8.94. The number of carboxylic acids is 1. The molecule has 1 aliphatic rings. The summed E-state index contributed by atoms with van der Waals surface area (Å²) >= 11 is 0. The van der Waals surface area contributed by atoms with Crippen molar-refractivity contribution < 1.29 is 29.0 Å². The van der Waals surface area contributed by atoms with E-state index < -0.39 is 23.5 Å². The van der Waals surface area contributed by atoms with Gasteiger partial charge in [0.2, 0.25) is 5.91 Å². The lowest BCUT2D eigenvalue weighted by Gasteiger charge is -2.34. The summed E-state index contributed by atoms with van der Waals surface area (Å²) < 4.78 is 10.8. The molecule has 156 valence electrons. The number of amides is 1. The number of nitrogens with one attached hydrogen (secondary N) is 1. The summed E-state index contributed by atoms with van der Waals surface area (Å²) in [5, 5.41) is 12.5. The Morgan fingerprint density at radius 1 is 1.11 bits per heavy atom. The van der Waals surface area contributed by atoms with Gasteiger partial charge in [-0.1, -0.05) is 0 Å². The lowest BCUT2D eigenvalue weighted by Crippen LogP contribution is -2.50. The van der Waals surface area contributed by atoms with Gasteiger partial charge in [-0.15, -0.1) is 0 Å². The highest BCUT2D eigenvalue weighted by Crippen LogP contribution is 2.17. The van der Waals surface area contributed by atoms with E-state index in [9.17, 15) is 19.5 Å². The van der Waals surface area contributed by atoms with Crippen LogP contribution in [0.5, 0.6) is 0 Å². The number of aliphatic carboxylic acids is 1. The smallest absolute Gasteiger partial charge is 0.332 e. The number of esters is 1. The van der Waals surface area contributed by atoms with E-state index in [-0.39, 0.29) is 30.7 Å². The van der Waals surface area contributed by atoms with Crippen molar-refractivity contribution in [3.8, 4) is 0 Å². The first kappa shape index (κ1) is 23.4. The summed E-state index contributed by atoms with van der Waals surface area (Å²) in [6.45, 7) is 11.9. The molecule has 2 N–H and O–H groups in total. The third-order valence-electron chi connectivity index (χ3n) is 4.04. The van der Waals surface area contributed by atoms with E-state index in [1.807, 2.05) is 20.8 Å². The van der Waals surface area contributed by atoms with Crippen molar-refractivity contribution in [1.29, 1.82) is 0 Å². The van der Waals surface area contributed by atoms with E-state index in [2.05, 4.69) is 5.32 Å². The molecular formula is C19H34N2O6. The lowest BCUT2D eigenvalue weighted by atomic mass is 10.0. The monoisotopic (exact) mass is 386 g/mol. The topological polar surface area (TPSA) is 105 Å².